The predicted octanol–water partition coefficient (Wildman–Crippen LogP) is 4.97. The van der Waals surface area contributed by atoms with Crippen molar-refractivity contribution in [1.82, 2.24) is 4.90 Å². The SMILES string of the molecule is Cc1cc([N+](=O)[O-])c(OC(C)C)cc1C1=CC(C)(C)N(C)C(C)(C)C1. The molecule has 5 nitrogen and oxygen atoms in total. The van der Waals surface area contributed by atoms with Gasteiger partial charge in [0.1, 0.15) is 0 Å². The summed E-state index contributed by atoms with van der Waals surface area (Å²) in [6, 6.07) is 3.48. The van der Waals surface area contributed by atoms with E-state index in [1.54, 1.807) is 6.07 Å². The molecule has 2 rings (SSSR count). The maximum atomic E-state index is 11.4. The Kier molecular flexibility index (Phi) is 5.01. The second-order valence-corrected chi connectivity index (χ2v) is 8.43. The highest BCUT2D eigenvalue weighted by atomic mass is 16.6. The smallest absolute Gasteiger partial charge is 0.311 e. The van der Waals surface area contributed by atoms with Crippen LogP contribution >= 0.6 is 0 Å². The van der Waals surface area contributed by atoms with Gasteiger partial charge in [-0.2, -0.15) is 0 Å². The minimum absolute atomic E-state index is 0.000860. The van der Waals surface area contributed by atoms with Crippen LogP contribution in [0.5, 0.6) is 5.75 Å². The van der Waals surface area contributed by atoms with Crippen molar-refractivity contribution >= 4 is 11.3 Å². The number of ether oxygens (including phenoxy) is 1. The van der Waals surface area contributed by atoms with Crippen molar-refractivity contribution in [3.8, 4) is 5.75 Å². The average molecular weight is 346 g/mol. The fraction of sp³-hybridized carbons (Fsp3) is 0.600. The van der Waals surface area contributed by atoms with Crippen molar-refractivity contribution in [2.45, 2.75) is 72.1 Å². The monoisotopic (exact) mass is 346 g/mol. The van der Waals surface area contributed by atoms with E-state index >= 15 is 0 Å². The second-order valence-electron chi connectivity index (χ2n) is 8.43. The summed E-state index contributed by atoms with van der Waals surface area (Å²) in [7, 11) is 2.14. The van der Waals surface area contributed by atoms with Crippen LogP contribution in [-0.4, -0.2) is 34.1 Å². The number of nitro benzene ring substituents is 1. The third-order valence-electron chi connectivity index (χ3n) is 5.13. The number of likely N-dealkylation sites (N-methyl/N-ethyl adjacent to an activating group) is 1. The summed E-state index contributed by atoms with van der Waals surface area (Å²) in [4.78, 5) is 13.4. The topological polar surface area (TPSA) is 55.6 Å². The van der Waals surface area contributed by atoms with Gasteiger partial charge in [0.05, 0.1) is 11.0 Å². The molecule has 0 bridgehead atoms. The van der Waals surface area contributed by atoms with Crippen LogP contribution < -0.4 is 4.74 Å². The van der Waals surface area contributed by atoms with Gasteiger partial charge in [-0.15, -0.1) is 0 Å². The summed E-state index contributed by atoms with van der Waals surface area (Å²) in [5.74, 6) is 0.344. The Morgan fingerprint density at radius 2 is 1.84 bits per heavy atom. The van der Waals surface area contributed by atoms with Gasteiger partial charge >= 0.3 is 5.69 Å². The highest BCUT2D eigenvalue weighted by molar-refractivity contribution is 5.74. The van der Waals surface area contributed by atoms with Crippen LogP contribution in [0.15, 0.2) is 18.2 Å². The molecule has 0 saturated heterocycles. The van der Waals surface area contributed by atoms with Crippen LogP contribution in [0, 0.1) is 17.0 Å². The van der Waals surface area contributed by atoms with Crippen LogP contribution in [0.25, 0.3) is 5.57 Å². The predicted molar refractivity (Wildman–Crippen MR) is 102 cm³/mol. The molecule has 0 fully saturated rings. The second kappa shape index (κ2) is 6.45. The zero-order valence-electron chi connectivity index (χ0n) is 16.6. The Hall–Kier alpha value is -1.88. The number of hydrogen-bond acceptors (Lipinski definition) is 4. The van der Waals surface area contributed by atoms with Crippen LogP contribution in [0.4, 0.5) is 5.69 Å². The maximum absolute atomic E-state index is 11.4. The third-order valence-corrected chi connectivity index (χ3v) is 5.13. The van der Waals surface area contributed by atoms with Crippen LogP contribution in [-0.2, 0) is 0 Å². The van der Waals surface area contributed by atoms with Crippen molar-refractivity contribution in [3.63, 3.8) is 0 Å². The van der Waals surface area contributed by atoms with E-state index in [-0.39, 0.29) is 27.8 Å². The summed E-state index contributed by atoms with van der Waals surface area (Å²) >= 11 is 0. The van der Waals surface area contributed by atoms with E-state index in [0.29, 0.717) is 5.75 Å². The van der Waals surface area contributed by atoms with Crippen molar-refractivity contribution in [3.05, 3.63) is 39.4 Å². The molecule has 0 N–H and O–H groups in total. The first-order valence-electron chi connectivity index (χ1n) is 8.77. The molecule has 1 heterocycles. The van der Waals surface area contributed by atoms with E-state index in [1.807, 2.05) is 26.8 Å². The molecule has 0 aliphatic carbocycles. The first kappa shape index (κ1) is 19.4. The Morgan fingerprint density at radius 1 is 1.24 bits per heavy atom. The average Bonchev–Trinajstić information content (AvgIpc) is 2.44. The van der Waals surface area contributed by atoms with Crippen LogP contribution in [0.2, 0.25) is 0 Å². The van der Waals surface area contributed by atoms with Gasteiger partial charge in [0, 0.05) is 17.1 Å². The molecular weight excluding hydrogens is 316 g/mol. The van der Waals surface area contributed by atoms with Crippen LogP contribution in [0.3, 0.4) is 0 Å². The molecule has 0 radical (unpaired) electrons. The highest BCUT2D eigenvalue weighted by Crippen LogP contribution is 2.43. The molecule has 1 aromatic rings. The zero-order chi connectivity index (χ0) is 19.2. The highest BCUT2D eigenvalue weighted by Gasteiger charge is 2.39. The molecule has 0 saturated carbocycles. The van der Waals surface area contributed by atoms with E-state index in [9.17, 15) is 10.1 Å². The lowest BCUT2D eigenvalue weighted by molar-refractivity contribution is -0.386. The molecule has 1 aromatic carbocycles. The Labute approximate surface area is 150 Å². The molecule has 0 atom stereocenters. The Balaban J connectivity index is 2.61. The van der Waals surface area contributed by atoms with Gasteiger partial charge in [-0.05, 0) is 84.7 Å². The molecule has 0 spiro atoms. The lowest BCUT2D eigenvalue weighted by Crippen LogP contribution is -2.54. The van der Waals surface area contributed by atoms with E-state index in [1.165, 1.54) is 5.57 Å². The zero-order valence-corrected chi connectivity index (χ0v) is 16.6. The van der Waals surface area contributed by atoms with Crippen molar-refractivity contribution in [2.75, 3.05) is 7.05 Å². The lowest BCUT2D eigenvalue weighted by atomic mass is 9.78. The molecule has 0 unspecified atom stereocenters. The quantitative estimate of drug-likeness (QED) is 0.571. The van der Waals surface area contributed by atoms with Gasteiger partial charge in [-0.1, -0.05) is 6.08 Å². The fourth-order valence-corrected chi connectivity index (χ4v) is 3.62. The van der Waals surface area contributed by atoms with Crippen LogP contribution in [0.1, 0.15) is 59.1 Å². The van der Waals surface area contributed by atoms with Gasteiger partial charge in [-0.25, -0.2) is 0 Å². The number of aryl methyl sites for hydroxylation is 1. The molecule has 5 heteroatoms. The summed E-state index contributed by atoms with van der Waals surface area (Å²) in [5.41, 5.74) is 3.10. The van der Waals surface area contributed by atoms with E-state index in [2.05, 4.69) is 45.7 Å². The first-order chi connectivity index (χ1) is 11.3. The molecular formula is C20H30N2O3. The standard InChI is InChI=1S/C20H30N2O3/c1-13(2)25-18-10-16(14(3)9-17(18)22(23)24)15-11-19(4,5)21(8)20(6,7)12-15/h9-11,13H,12H2,1-8H3. The molecule has 0 aromatic heterocycles. The molecule has 138 valence electrons. The molecule has 25 heavy (non-hydrogen) atoms. The van der Waals surface area contributed by atoms with E-state index in [4.69, 9.17) is 4.74 Å². The minimum Gasteiger partial charge on any atom is -0.484 e. The van der Waals surface area contributed by atoms with Gasteiger partial charge in [0.2, 0.25) is 0 Å². The number of nitrogens with zero attached hydrogens (tertiary/aromatic N) is 2. The van der Waals surface area contributed by atoms with Crippen molar-refractivity contribution in [1.29, 1.82) is 0 Å². The number of benzene rings is 1. The fourth-order valence-electron chi connectivity index (χ4n) is 3.62. The summed E-state index contributed by atoms with van der Waals surface area (Å²) in [6.07, 6.45) is 3.03. The lowest BCUT2D eigenvalue weighted by Gasteiger charge is -2.49. The normalized spacial score (nSPS) is 19.6. The summed E-state index contributed by atoms with van der Waals surface area (Å²) in [6.45, 7) is 14.5. The molecule has 1 aliphatic heterocycles. The largest absolute Gasteiger partial charge is 0.484 e. The van der Waals surface area contributed by atoms with E-state index < -0.39 is 0 Å². The molecule has 1 aliphatic rings. The van der Waals surface area contributed by atoms with Crippen molar-refractivity contribution < 1.29 is 9.66 Å². The maximum Gasteiger partial charge on any atom is 0.311 e. The third kappa shape index (κ3) is 3.87. The van der Waals surface area contributed by atoms with Crippen molar-refractivity contribution in [2.24, 2.45) is 0 Å². The summed E-state index contributed by atoms with van der Waals surface area (Å²) < 4.78 is 5.74. The van der Waals surface area contributed by atoms with Gasteiger partial charge in [0.15, 0.2) is 5.75 Å². The Morgan fingerprint density at radius 3 is 2.32 bits per heavy atom. The molecule has 0 amide bonds. The van der Waals surface area contributed by atoms with Gasteiger partial charge in [-0.3, -0.25) is 15.0 Å². The van der Waals surface area contributed by atoms with Gasteiger partial charge < -0.3 is 4.74 Å². The Bertz CT molecular complexity index is 718. The number of nitro groups is 1. The summed E-state index contributed by atoms with van der Waals surface area (Å²) in [5, 5.41) is 11.4. The number of hydrogen-bond donors (Lipinski definition) is 0. The first-order valence-corrected chi connectivity index (χ1v) is 8.77. The van der Waals surface area contributed by atoms with E-state index in [0.717, 1.165) is 17.5 Å². The van der Waals surface area contributed by atoms with Gasteiger partial charge in [0.25, 0.3) is 0 Å². The minimum atomic E-state index is -0.370. The number of rotatable bonds is 4.